The summed E-state index contributed by atoms with van der Waals surface area (Å²) >= 11 is 0. The van der Waals surface area contributed by atoms with Gasteiger partial charge in [0.1, 0.15) is 5.58 Å². The Balaban J connectivity index is 1.72. The molecule has 0 fully saturated rings. The van der Waals surface area contributed by atoms with E-state index in [0.29, 0.717) is 16.7 Å². The highest BCUT2D eigenvalue weighted by molar-refractivity contribution is 5.96. The molecule has 2 aromatic carbocycles. The minimum absolute atomic E-state index is 0.227. The van der Waals surface area contributed by atoms with E-state index < -0.39 is 11.4 Å². The molecule has 3 N–H and O–H groups in total. The van der Waals surface area contributed by atoms with Crippen molar-refractivity contribution in [3.63, 3.8) is 0 Å². The topological polar surface area (TPSA) is 91.6 Å². The minimum Gasteiger partial charge on any atom is -0.451 e. The van der Waals surface area contributed by atoms with Gasteiger partial charge in [0, 0.05) is 16.5 Å². The van der Waals surface area contributed by atoms with Crippen molar-refractivity contribution < 1.29 is 19.2 Å². The van der Waals surface area contributed by atoms with Gasteiger partial charge in [-0.25, -0.2) is 5.48 Å². The Kier molecular flexibility index (Phi) is 4.97. The Morgan fingerprint density at radius 3 is 2.41 bits per heavy atom. The van der Waals surface area contributed by atoms with Crippen molar-refractivity contribution in [2.75, 3.05) is 0 Å². The average Bonchev–Trinajstić information content (AvgIpc) is 3.10. The molecule has 0 radical (unpaired) electrons. The number of amides is 2. The van der Waals surface area contributed by atoms with Crippen LogP contribution in [0.1, 0.15) is 40.3 Å². The number of carbonyl (C=O) groups excluding carboxylic acids is 2. The van der Waals surface area contributed by atoms with E-state index in [9.17, 15) is 9.59 Å². The zero-order valence-electron chi connectivity index (χ0n) is 14.9. The summed E-state index contributed by atoms with van der Waals surface area (Å²) in [4.78, 5) is 23.8. The van der Waals surface area contributed by atoms with E-state index in [-0.39, 0.29) is 11.7 Å². The smallest absolute Gasteiger partial charge is 0.288 e. The number of furan rings is 1. The molecule has 6 nitrogen and oxygen atoms in total. The molecule has 136 valence electrons. The molecule has 27 heavy (non-hydrogen) atoms. The molecule has 1 aromatic heterocycles. The first-order valence-electron chi connectivity index (χ1n) is 8.27. The summed E-state index contributed by atoms with van der Waals surface area (Å²) in [7, 11) is 0. The lowest BCUT2D eigenvalue weighted by Gasteiger charge is -2.18. The Morgan fingerprint density at radius 1 is 1.04 bits per heavy atom. The van der Waals surface area contributed by atoms with E-state index in [1.807, 2.05) is 18.2 Å². The van der Waals surface area contributed by atoms with E-state index in [1.165, 1.54) is 0 Å². The standard InChI is InChI=1S/C21H18N2O4/c1-21(2,12-11-14-7-9-15(10-8-14)19(24)23-26)22-20(25)18-13-16-5-3-4-6-17(16)27-18/h3-10,13,26H,1-2H3,(H,22,25)(H,23,24). The Bertz CT molecular complexity index is 1020. The molecule has 2 amide bonds. The van der Waals surface area contributed by atoms with Crippen molar-refractivity contribution in [1.82, 2.24) is 10.8 Å². The van der Waals surface area contributed by atoms with Gasteiger partial charge in [0.2, 0.25) is 0 Å². The van der Waals surface area contributed by atoms with Crippen molar-refractivity contribution in [2.45, 2.75) is 19.4 Å². The highest BCUT2D eigenvalue weighted by atomic mass is 16.5. The van der Waals surface area contributed by atoms with E-state index in [4.69, 9.17) is 9.62 Å². The fourth-order valence-corrected chi connectivity index (χ4v) is 2.47. The Morgan fingerprint density at radius 2 is 1.74 bits per heavy atom. The lowest BCUT2D eigenvalue weighted by molar-refractivity contribution is 0.0706. The number of rotatable bonds is 3. The number of hydrogen-bond acceptors (Lipinski definition) is 4. The SMILES string of the molecule is CC(C)(C#Cc1ccc(C(=O)NO)cc1)NC(=O)c1cc2ccccc2o1. The second-order valence-corrected chi connectivity index (χ2v) is 6.50. The van der Waals surface area contributed by atoms with Crippen molar-refractivity contribution in [3.8, 4) is 11.8 Å². The summed E-state index contributed by atoms with van der Waals surface area (Å²) in [6.07, 6.45) is 0. The predicted octanol–water partition coefficient (Wildman–Crippen LogP) is 3.11. The normalized spacial score (nSPS) is 10.8. The van der Waals surface area contributed by atoms with Gasteiger partial charge in [0.25, 0.3) is 11.8 Å². The van der Waals surface area contributed by atoms with Crippen LogP contribution in [0.3, 0.4) is 0 Å². The van der Waals surface area contributed by atoms with Gasteiger partial charge in [0.15, 0.2) is 5.76 Å². The number of para-hydroxylation sites is 1. The second-order valence-electron chi connectivity index (χ2n) is 6.50. The highest BCUT2D eigenvalue weighted by Gasteiger charge is 2.21. The van der Waals surface area contributed by atoms with Crippen LogP contribution < -0.4 is 10.8 Å². The monoisotopic (exact) mass is 362 g/mol. The van der Waals surface area contributed by atoms with E-state index in [2.05, 4.69) is 17.2 Å². The Labute approximate surface area is 156 Å². The van der Waals surface area contributed by atoms with Crippen LogP contribution in [-0.2, 0) is 0 Å². The summed E-state index contributed by atoms with van der Waals surface area (Å²) in [6.45, 7) is 3.57. The van der Waals surface area contributed by atoms with Gasteiger partial charge in [-0.2, -0.15) is 0 Å². The highest BCUT2D eigenvalue weighted by Crippen LogP contribution is 2.19. The van der Waals surface area contributed by atoms with Crippen LogP contribution in [-0.4, -0.2) is 22.6 Å². The summed E-state index contributed by atoms with van der Waals surface area (Å²) in [5.41, 5.74) is 2.43. The predicted molar refractivity (Wildman–Crippen MR) is 100 cm³/mol. The molecule has 1 heterocycles. The molecule has 0 bridgehead atoms. The number of hydroxylamine groups is 1. The summed E-state index contributed by atoms with van der Waals surface area (Å²) in [5.74, 6) is 5.25. The van der Waals surface area contributed by atoms with Gasteiger partial charge < -0.3 is 9.73 Å². The molecule has 6 heteroatoms. The molecule has 0 atom stereocenters. The van der Waals surface area contributed by atoms with E-state index in [0.717, 1.165) is 5.39 Å². The Hall–Kier alpha value is -3.56. The molecule has 0 spiro atoms. The molecular formula is C21H18N2O4. The van der Waals surface area contributed by atoms with Gasteiger partial charge in [0.05, 0.1) is 5.54 Å². The molecule has 0 saturated heterocycles. The quantitative estimate of drug-likeness (QED) is 0.379. The first kappa shape index (κ1) is 18.2. The number of benzene rings is 2. The third-order valence-corrected chi connectivity index (χ3v) is 3.84. The van der Waals surface area contributed by atoms with E-state index in [1.54, 1.807) is 55.7 Å². The largest absolute Gasteiger partial charge is 0.451 e. The number of fused-ring (bicyclic) bond motifs is 1. The summed E-state index contributed by atoms with van der Waals surface area (Å²) < 4.78 is 5.57. The van der Waals surface area contributed by atoms with Crippen LogP contribution in [0.4, 0.5) is 0 Å². The molecular weight excluding hydrogens is 344 g/mol. The van der Waals surface area contributed by atoms with Crippen LogP contribution in [0.15, 0.2) is 59.0 Å². The van der Waals surface area contributed by atoms with Crippen LogP contribution in [0.5, 0.6) is 0 Å². The van der Waals surface area contributed by atoms with Crippen molar-refractivity contribution >= 4 is 22.8 Å². The first-order chi connectivity index (χ1) is 12.9. The van der Waals surface area contributed by atoms with Crippen molar-refractivity contribution in [3.05, 3.63) is 71.5 Å². The van der Waals surface area contributed by atoms with Gasteiger partial charge in [-0.05, 0) is 50.2 Å². The molecule has 3 aromatic rings. The van der Waals surface area contributed by atoms with Crippen LogP contribution in [0, 0.1) is 11.8 Å². The summed E-state index contributed by atoms with van der Waals surface area (Å²) in [6, 6.07) is 15.5. The average molecular weight is 362 g/mol. The lowest BCUT2D eigenvalue weighted by Crippen LogP contribution is -2.42. The second kappa shape index (κ2) is 7.36. The third-order valence-electron chi connectivity index (χ3n) is 3.84. The van der Waals surface area contributed by atoms with E-state index >= 15 is 0 Å². The van der Waals surface area contributed by atoms with Gasteiger partial charge in [-0.1, -0.05) is 30.0 Å². The van der Waals surface area contributed by atoms with Crippen LogP contribution in [0.2, 0.25) is 0 Å². The molecule has 0 saturated carbocycles. The maximum absolute atomic E-state index is 12.5. The van der Waals surface area contributed by atoms with Crippen molar-refractivity contribution in [1.29, 1.82) is 0 Å². The summed E-state index contributed by atoms with van der Waals surface area (Å²) in [5, 5.41) is 12.3. The third kappa shape index (κ3) is 4.35. The minimum atomic E-state index is -0.794. The fraction of sp³-hybridized carbons (Fsp3) is 0.143. The lowest BCUT2D eigenvalue weighted by atomic mass is 10.0. The van der Waals surface area contributed by atoms with Crippen molar-refractivity contribution in [2.24, 2.45) is 0 Å². The maximum Gasteiger partial charge on any atom is 0.288 e. The number of nitrogens with one attached hydrogen (secondary N) is 2. The zero-order chi connectivity index (χ0) is 19.4. The number of hydrogen-bond donors (Lipinski definition) is 3. The van der Waals surface area contributed by atoms with Crippen LogP contribution in [0.25, 0.3) is 11.0 Å². The molecule has 0 aliphatic heterocycles. The molecule has 0 aliphatic rings. The molecule has 0 unspecified atom stereocenters. The number of carbonyl (C=O) groups is 2. The van der Waals surface area contributed by atoms with Crippen LogP contribution >= 0.6 is 0 Å². The molecule has 3 rings (SSSR count). The zero-order valence-corrected chi connectivity index (χ0v) is 14.9. The fourth-order valence-electron chi connectivity index (χ4n) is 2.47. The van der Waals surface area contributed by atoms with Gasteiger partial charge in [-0.15, -0.1) is 0 Å². The molecule has 0 aliphatic carbocycles. The first-order valence-corrected chi connectivity index (χ1v) is 8.27. The van der Waals surface area contributed by atoms with Gasteiger partial charge in [-0.3, -0.25) is 14.8 Å². The van der Waals surface area contributed by atoms with Gasteiger partial charge >= 0.3 is 0 Å². The maximum atomic E-state index is 12.5.